The number of phenols is 1. The Balaban J connectivity index is 2.07. The van der Waals surface area contributed by atoms with Gasteiger partial charge in [0.1, 0.15) is 5.75 Å². The van der Waals surface area contributed by atoms with Gasteiger partial charge >= 0.3 is 0 Å². The molecule has 1 aromatic carbocycles. The molecule has 0 aliphatic heterocycles. The van der Waals surface area contributed by atoms with E-state index in [0.717, 1.165) is 12.8 Å². The van der Waals surface area contributed by atoms with E-state index in [2.05, 4.69) is 6.58 Å². The van der Waals surface area contributed by atoms with Crippen LogP contribution in [0, 0.1) is 0 Å². The molecule has 3 nitrogen and oxygen atoms in total. The average molecular weight is 259 g/mol. The van der Waals surface area contributed by atoms with Crippen molar-refractivity contribution in [1.29, 1.82) is 0 Å². The number of aromatic hydroxyl groups is 1. The second-order valence-corrected chi connectivity index (χ2v) is 5.08. The second-order valence-electron chi connectivity index (χ2n) is 5.08. The number of amides is 1. The van der Waals surface area contributed by atoms with Crippen LogP contribution in [0.25, 0.3) is 0 Å². The van der Waals surface area contributed by atoms with E-state index in [9.17, 15) is 9.90 Å². The number of carbonyl (C=O) groups excluding carboxylic acids is 1. The molecule has 0 atom stereocenters. The van der Waals surface area contributed by atoms with Gasteiger partial charge in [-0.1, -0.05) is 37.1 Å². The van der Waals surface area contributed by atoms with Crippen LogP contribution in [0.1, 0.15) is 31.2 Å². The third-order valence-corrected chi connectivity index (χ3v) is 3.74. The van der Waals surface area contributed by atoms with E-state index in [4.69, 9.17) is 0 Å². The highest BCUT2D eigenvalue weighted by atomic mass is 16.3. The molecule has 0 saturated heterocycles. The van der Waals surface area contributed by atoms with Crippen molar-refractivity contribution in [2.24, 2.45) is 0 Å². The zero-order valence-corrected chi connectivity index (χ0v) is 11.2. The van der Waals surface area contributed by atoms with E-state index >= 15 is 0 Å². The van der Waals surface area contributed by atoms with Crippen LogP contribution in [0.4, 0.5) is 0 Å². The minimum Gasteiger partial charge on any atom is -0.508 e. The summed E-state index contributed by atoms with van der Waals surface area (Å²) in [6.07, 6.45) is 6.60. The van der Waals surface area contributed by atoms with Gasteiger partial charge in [0.05, 0.1) is 6.42 Å². The molecule has 0 aromatic heterocycles. The lowest BCUT2D eigenvalue weighted by Crippen LogP contribution is -2.39. The SMILES string of the molecule is C=CCN(C(=O)Cc1ccccc1O)C1CCCC1. The fourth-order valence-corrected chi connectivity index (χ4v) is 2.73. The van der Waals surface area contributed by atoms with E-state index in [0.29, 0.717) is 18.2 Å². The molecule has 1 saturated carbocycles. The Hall–Kier alpha value is -1.77. The second kappa shape index (κ2) is 6.41. The Morgan fingerprint density at radius 2 is 2.05 bits per heavy atom. The Bertz CT molecular complexity index is 450. The highest BCUT2D eigenvalue weighted by Gasteiger charge is 2.25. The number of rotatable bonds is 5. The van der Waals surface area contributed by atoms with E-state index < -0.39 is 0 Å². The van der Waals surface area contributed by atoms with Crippen LogP contribution < -0.4 is 0 Å². The third-order valence-electron chi connectivity index (χ3n) is 3.74. The maximum Gasteiger partial charge on any atom is 0.227 e. The van der Waals surface area contributed by atoms with Gasteiger partial charge in [-0.2, -0.15) is 0 Å². The molecule has 1 N–H and O–H groups in total. The maximum absolute atomic E-state index is 12.4. The molecule has 0 bridgehead atoms. The van der Waals surface area contributed by atoms with E-state index in [1.54, 1.807) is 24.3 Å². The Morgan fingerprint density at radius 1 is 1.37 bits per heavy atom. The van der Waals surface area contributed by atoms with Gasteiger partial charge in [0.25, 0.3) is 0 Å². The van der Waals surface area contributed by atoms with Crippen molar-refractivity contribution in [2.75, 3.05) is 6.54 Å². The van der Waals surface area contributed by atoms with E-state index in [-0.39, 0.29) is 18.1 Å². The van der Waals surface area contributed by atoms with E-state index in [1.807, 2.05) is 11.0 Å². The number of benzene rings is 1. The van der Waals surface area contributed by atoms with Gasteiger partial charge in [0, 0.05) is 18.2 Å². The van der Waals surface area contributed by atoms with Crippen LogP contribution in [0.2, 0.25) is 0 Å². The molecule has 0 heterocycles. The van der Waals surface area contributed by atoms with Crippen molar-refractivity contribution in [3.05, 3.63) is 42.5 Å². The molecular formula is C16H21NO2. The molecule has 0 unspecified atom stereocenters. The van der Waals surface area contributed by atoms with Crippen molar-refractivity contribution >= 4 is 5.91 Å². The van der Waals surface area contributed by atoms with Crippen LogP contribution in [0.3, 0.4) is 0 Å². The predicted molar refractivity (Wildman–Crippen MR) is 76.0 cm³/mol. The van der Waals surface area contributed by atoms with E-state index in [1.165, 1.54) is 12.8 Å². The smallest absolute Gasteiger partial charge is 0.227 e. The average Bonchev–Trinajstić information content (AvgIpc) is 2.92. The van der Waals surface area contributed by atoms with Gasteiger partial charge in [0.15, 0.2) is 0 Å². The molecule has 0 spiro atoms. The number of para-hydroxylation sites is 1. The first-order chi connectivity index (χ1) is 9.22. The van der Waals surface area contributed by atoms with Gasteiger partial charge in [0.2, 0.25) is 5.91 Å². The first-order valence-electron chi connectivity index (χ1n) is 6.89. The molecule has 0 radical (unpaired) electrons. The summed E-state index contributed by atoms with van der Waals surface area (Å²) in [5.41, 5.74) is 0.694. The van der Waals surface area contributed by atoms with Crippen molar-refractivity contribution < 1.29 is 9.90 Å². The molecule has 19 heavy (non-hydrogen) atoms. The zero-order chi connectivity index (χ0) is 13.7. The zero-order valence-electron chi connectivity index (χ0n) is 11.2. The molecule has 102 valence electrons. The van der Waals surface area contributed by atoms with Crippen LogP contribution >= 0.6 is 0 Å². The van der Waals surface area contributed by atoms with Gasteiger partial charge < -0.3 is 10.0 Å². The van der Waals surface area contributed by atoms with Crippen LogP contribution in [-0.4, -0.2) is 28.5 Å². The van der Waals surface area contributed by atoms with Crippen molar-refractivity contribution in [3.8, 4) is 5.75 Å². The molecule has 2 rings (SSSR count). The number of carbonyl (C=O) groups is 1. The highest BCUT2D eigenvalue weighted by Crippen LogP contribution is 2.25. The third kappa shape index (κ3) is 3.37. The summed E-state index contributed by atoms with van der Waals surface area (Å²) in [7, 11) is 0. The van der Waals surface area contributed by atoms with Gasteiger partial charge in [-0.3, -0.25) is 4.79 Å². The molecule has 1 aliphatic rings. The number of nitrogens with zero attached hydrogens (tertiary/aromatic N) is 1. The first kappa shape index (κ1) is 13.7. The minimum absolute atomic E-state index is 0.0771. The normalized spacial score (nSPS) is 15.4. The van der Waals surface area contributed by atoms with Crippen molar-refractivity contribution in [1.82, 2.24) is 4.90 Å². The lowest BCUT2D eigenvalue weighted by molar-refractivity contribution is -0.132. The Morgan fingerprint density at radius 3 is 2.68 bits per heavy atom. The fourth-order valence-electron chi connectivity index (χ4n) is 2.73. The summed E-state index contributed by atoms with van der Waals surface area (Å²) >= 11 is 0. The number of hydrogen-bond acceptors (Lipinski definition) is 2. The topological polar surface area (TPSA) is 40.5 Å². The monoisotopic (exact) mass is 259 g/mol. The number of phenolic OH excluding ortho intramolecular Hbond substituents is 1. The van der Waals surface area contributed by atoms with Crippen molar-refractivity contribution in [2.45, 2.75) is 38.1 Å². The summed E-state index contributed by atoms with van der Waals surface area (Å²) in [5, 5.41) is 9.75. The van der Waals surface area contributed by atoms with Crippen LogP contribution in [-0.2, 0) is 11.2 Å². The molecule has 1 aromatic rings. The molecule has 1 aliphatic carbocycles. The molecule has 3 heteroatoms. The van der Waals surface area contributed by atoms with Crippen molar-refractivity contribution in [3.63, 3.8) is 0 Å². The fraction of sp³-hybridized carbons (Fsp3) is 0.438. The predicted octanol–water partition coefficient (Wildman–Crippen LogP) is 2.89. The summed E-state index contributed by atoms with van der Waals surface area (Å²) in [6, 6.07) is 7.37. The lowest BCUT2D eigenvalue weighted by Gasteiger charge is -2.28. The summed E-state index contributed by atoms with van der Waals surface area (Å²) < 4.78 is 0. The molecular weight excluding hydrogens is 238 g/mol. The standard InChI is InChI=1S/C16H21NO2/c1-2-11-17(14-8-4-5-9-14)16(19)12-13-7-3-6-10-15(13)18/h2-3,6-7,10,14,18H,1,4-5,8-9,11-12H2. The highest BCUT2D eigenvalue weighted by molar-refractivity contribution is 5.80. The minimum atomic E-state index is 0.0771. The lowest BCUT2D eigenvalue weighted by atomic mass is 10.1. The summed E-state index contributed by atoms with van der Waals surface area (Å²) in [5.74, 6) is 0.272. The first-order valence-corrected chi connectivity index (χ1v) is 6.89. The molecule has 1 amide bonds. The maximum atomic E-state index is 12.4. The quantitative estimate of drug-likeness (QED) is 0.826. The van der Waals surface area contributed by atoms with Crippen LogP contribution in [0.5, 0.6) is 5.75 Å². The summed E-state index contributed by atoms with van der Waals surface area (Å²) in [4.78, 5) is 14.3. The summed E-state index contributed by atoms with van der Waals surface area (Å²) in [6.45, 7) is 4.33. The van der Waals surface area contributed by atoms with Gasteiger partial charge in [-0.05, 0) is 18.9 Å². The Labute approximate surface area is 114 Å². The van der Waals surface area contributed by atoms with Gasteiger partial charge in [-0.15, -0.1) is 6.58 Å². The Kier molecular flexibility index (Phi) is 4.61. The number of hydrogen-bond donors (Lipinski definition) is 1. The van der Waals surface area contributed by atoms with Crippen LogP contribution in [0.15, 0.2) is 36.9 Å². The molecule has 1 fully saturated rings. The van der Waals surface area contributed by atoms with Gasteiger partial charge in [-0.25, -0.2) is 0 Å². The largest absolute Gasteiger partial charge is 0.508 e.